The SMILES string of the molecule is CCNC(=NCC1(CC)CCCC1)NCCCCCOC.I. The van der Waals surface area contributed by atoms with E-state index in [-0.39, 0.29) is 24.0 Å². The van der Waals surface area contributed by atoms with Gasteiger partial charge in [0.15, 0.2) is 5.96 Å². The van der Waals surface area contributed by atoms with E-state index in [1.807, 2.05) is 0 Å². The van der Waals surface area contributed by atoms with Crippen LogP contribution in [0.4, 0.5) is 0 Å². The average Bonchev–Trinajstić information content (AvgIpc) is 2.97. The number of guanidine groups is 1. The molecular weight excluding hydrogens is 389 g/mol. The average molecular weight is 425 g/mol. The predicted octanol–water partition coefficient (Wildman–Crippen LogP) is 3.95. The van der Waals surface area contributed by atoms with Crippen molar-refractivity contribution in [2.75, 3.05) is 33.4 Å². The maximum absolute atomic E-state index is 5.07. The van der Waals surface area contributed by atoms with Crippen molar-refractivity contribution in [3.8, 4) is 0 Å². The molecule has 0 aliphatic heterocycles. The van der Waals surface area contributed by atoms with Crippen molar-refractivity contribution < 1.29 is 4.74 Å². The monoisotopic (exact) mass is 425 g/mol. The Morgan fingerprint density at radius 3 is 2.41 bits per heavy atom. The smallest absolute Gasteiger partial charge is 0.191 e. The van der Waals surface area contributed by atoms with E-state index in [4.69, 9.17) is 9.73 Å². The Morgan fingerprint density at radius 2 is 1.82 bits per heavy atom. The summed E-state index contributed by atoms with van der Waals surface area (Å²) >= 11 is 0. The summed E-state index contributed by atoms with van der Waals surface area (Å²) in [5, 5.41) is 6.83. The van der Waals surface area contributed by atoms with Crippen LogP contribution in [0.15, 0.2) is 4.99 Å². The first-order valence-corrected chi connectivity index (χ1v) is 8.77. The van der Waals surface area contributed by atoms with Gasteiger partial charge in [0.05, 0.1) is 0 Å². The lowest BCUT2D eigenvalue weighted by molar-refractivity contribution is 0.192. The summed E-state index contributed by atoms with van der Waals surface area (Å²) in [7, 11) is 1.76. The quantitative estimate of drug-likeness (QED) is 0.241. The van der Waals surface area contributed by atoms with Gasteiger partial charge in [0.25, 0.3) is 0 Å². The van der Waals surface area contributed by atoms with Crippen LogP contribution in [0.2, 0.25) is 0 Å². The number of unbranched alkanes of at least 4 members (excludes halogenated alkanes) is 2. The minimum atomic E-state index is 0. The van der Waals surface area contributed by atoms with Gasteiger partial charge in [-0.05, 0) is 50.9 Å². The van der Waals surface area contributed by atoms with Crippen LogP contribution in [0.1, 0.15) is 65.2 Å². The highest BCUT2D eigenvalue weighted by atomic mass is 127. The first kappa shape index (κ1) is 22.0. The van der Waals surface area contributed by atoms with Crippen LogP contribution in [-0.4, -0.2) is 39.3 Å². The molecule has 0 radical (unpaired) electrons. The van der Waals surface area contributed by atoms with Gasteiger partial charge in [0.1, 0.15) is 0 Å². The molecule has 0 aromatic heterocycles. The lowest BCUT2D eigenvalue weighted by Crippen LogP contribution is -2.38. The number of nitrogens with one attached hydrogen (secondary N) is 2. The third-order valence-electron chi connectivity index (χ3n) is 4.65. The van der Waals surface area contributed by atoms with Crippen molar-refractivity contribution in [1.82, 2.24) is 10.6 Å². The Hall–Kier alpha value is -0.0400. The van der Waals surface area contributed by atoms with Crippen LogP contribution in [-0.2, 0) is 4.74 Å². The number of hydrogen-bond donors (Lipinski definition) is 2. The number of hydrogen-bond acceptors (Lipinski definition) is 2. The summed E-state index contributed by atoms with van der Waals surface area (Å²) in [6, 6.07) is 0. The number of methoxy groups -OCH3 is 1. The summed E-state index contributed by atoms with van der Waals surface area (Å²) < 4.78 is 5.07. The molecule has 0 spiro atoms. The Bertz CT molecular complexity index is 292. The Labute approximate surface area is 154 Å². The van der Waals surface area contributed by atoms with Crippen molar-refractivity contribution >= 4 is 29.9 Å². The van der Waals surface area contributed by atoms with Crippen LogP contribution >= 0.6 is 24.0 Å². The molecule has 0 atom stereocenters. The van der Waals surface area contributed by atoms with Gasteiger partial charge in [-0.15, -0.1) is 24.0 Å². The van der Waals surface area contributed by atoms with Gasteiger partial charge in [-0.25, -0.2) is 0 Å². The zero-order chi connectivity index (χ0) is 15.4. The third-order valence-corrected chi connectivity index (χ3v) is 4.65. The highest BCUT2D eigenvalue weighted by Gasteiger charge is 2.31. The summed E-state index contributed by atoms with van der Waals surface area (Å²) in [5.74, 6) is 0.990. The lowest BCUT2D eigenvalue weighted by Gasteiger charge is -2.25. The van der Waals surface area contributed by atoms with E-state index in [0.717, 1.165) is 38.6 Å². The van der Waals surface area contributed by atoms with Crippen LogP contribution in [0.5, 0.6) is 0 Å². The molecule has 1 aliphatic carbocycles. The van der Waals surface area contributed by atoms with E-state index >= 15 is 0 Å². The predicted molar refractivity (Wildman–Crippen MR) is 106 cm³/mol. The van der Waals surface area contributed by atoms with E-state index < -0.39 is 0 Å². The van der Waals surface area contributed by atoms with Crippen LogP contribution < -0.4 is 10.6 Å². The summed E-state index contributed by atoms with van der Waals surface area (Å²) in [6.45, 7) is 8.21. The fourth-order valence-corrected chi connectivity index (χ4v) is 3.09. The molecule has 0 unspecified atom stereocenters. The summed E-state index contributed by atoms with van der Waals surface area (Å²) in [4.78, 5) is 4.84. The molecule has 1 fully saturated rings. The van der Waals surface area contributed by atoms with E-state index in [1.54, 1.807) is 7.11 Å². The molecule has 0 amide bonds. The fourth-order valence-electron chi connectivity index (χ4n) is 3.09. The molecule has 1 aliphatic rings. The molecule has 0 saturated heterocycles. The van der Waals surface area contributed by atoms with Crippen molar-refractivity contribution in [3.05, 3.63) is 0 Å². The molecule has 4 nitrogen and oxygen atoms in total. The molecule has 1 saturated carbocycles. The van der Waals surface area contributed by atoms with E-state index in [1.165, 1.54) is 44.9 Å². The van der Waals surface area contributed by atoms with E-state index in [9.17, 15) is 0 Å². The summed E-state index contributed by atoms with van der Waals surface area (Å²) in [5.41, 5.74) is 0.473. The largest absolute Gasteiger partial charge is 0.385 e. The Morgan fingerprint density at radius 1 is 1.09 bits per heavy atom. The number of nitrogens with zero attached hydrogens (tertiary/aromatic N) is 1. The van der Waals surface area contributed by atoms with E-state index in [2.05, 4.69) is 24.5 Å². The molecular formula is C17H36IN3O. The van der Waals surface area contributed by atoms with Gasteiger partial charge in [0, 0.05) is 33.4 Å². The molecule has 22 heavy (non-hydrogen) atoms. The Kier molecular flexibility index (Phi) is 13.4. The first-order valence-electron chi connectivity index (χ1n) is 8.77. The van der Waals surface area contributed by atoms with Gasteiger partial charge >= 0.3 is 0 Å². The molecule has 0 bridgehead atoms. The minimum Gasteiger partial charge on any atom is -0.385 e. The molecule has 5 heteroatoms. The van der Waals surface area contributed by atoms with Crippen LogP contribution in [0, 0.1) is 5.41 Å². The number of rotatable bonds is 10. The molecule has 0 aromatic carbocycles. The summed E-state index contributed by atoms with van der Waals surface area (Å²) in [6.07, 6.45) is 10.2. The molecule has 0 aromatic rings. The number of halogens is 1. The zero-order valence-corrected chi connectivity index (χ0v) is 17.1. The van der Waals surface area contributed by atoms with Gasteiger partial charge in [0.2, 0.25) is 0 Å². The second-order valence-corrected chi connectivity index (χ2v) is 6.24. The lowest BCUT2D eigenvalue weighted by atomic mass is 9.84. The van der Waals surface area contributed by atoms with Crippen LogP contribution in [0.25, 0.3) is 0 Å². The van der Waals surface area contributed by atoms with Gasteiger partial charge in [-0.1, -0.05) is 19.8 Å². The minimum absolute atomic E-state index is 0. The molecule has 0 heterocycles. The van der Waals surface area contributed by atoms with Crippen LogP contribution in [0.3, 0.4) is 0 Å². The topological polar surface area (TPSA) is 45.7 Å². The zero-order valence-electron chi connectivity index (χ0n) is 14.7. The standard InChI is InChI=1S/C17H35N3O.HI/c1-4-17(11-7-8-12-17)15-20-16(18-5-2)19-13-9-6-10-14-21-3;/h4-15H2,1-3H3,(H2,18,19,20);1H. The molecule has 132 valence electrons. The number of ether oxygens (including phenoxy) is 1. The second-order valence-electron chi connectivity index (χ2n) is 6.24. The maximum Gasteiger partial charge on any atom is 0.191 e. The molecule has 1 rings (SSSR count). The second kappa shape index (κ2) is 13.4. The Balaban J connectivity index is 0.00000441. The normalized spacial score (nSPS) is 17.1. The highest BCUT2D eigenvalue weighted by molar-refractivity contribution is 14.0. The number of aliphatic imine (C=N–C) groups is 1. The van der Waals surface area contributed by atoms with Gasteiger partial charge < -0.3 is 15.4 Å². The van der Waals surface area contributed by atoms with Crippen molar-refractivity contribution in [3.63, 3.8) is 0 Å². The fraction of sp³-hybridized carbons (Fsp3) is 0.941. The van der Waals surface area contributed by atoms with E-state index in [0.29, 0.717) is 5.41 Å². The van der Waals surface area contributed by atoms with Crippen molar-refractivity contribution in [1.29, 1.82) is 0 Å². The molecule has 2 N–H and O–H groups in total. The van der Waals surface area contributed by atoms with Crippen molar-refractivity contribution in [2.24, 2.45) is 10.4 Å². The van der Waals surface area contributed by atoms with Gasteiger partial charge in [-0.2, -0.15) is 0 Å². The van der Waals surface area contributed by atoms with Crippen molar-refractivity contribution in [2.45, 2.75) is 65.2 Å². The highest BCUT2D eigenvalue weighted by Crippen LogP contribution is 2.41. The third kappa shape index (κ3) is 8.56. The first-order chi connectivity index (χ1) is 10.3. The maximum atomic E-state index is 5.07. The van der Waals surface area contributed by atoms with Gasteiger partial charge in [-0.3, -0.25) is 4.99 Å².